The van der Waals surface area contributed by atoms with Crippen LogP contribution >= 0.6 is 0 Å². The van der Waals surface area contributed by atoms with Gasteiger partial charge in [0.1, 0.15) is 0 Å². The van der Waals surface area contributed by atoms with Gasteiger partial charge in [-0.25, -0.2) is 9.59 Å². The predicted molar refractivity (Wildman–Crippen MR) is 54.9 cm³/mol. The first-order chi connectivity index (χ1) is 7.70. The van der Waals surface area contributed by atoms with Crippen LogP contribution in [0.25, 0.3) is 0 Å². The van der Waals surface area contributed by atoms with Crippen molar-refractivity contribution in [2.45, 2.75) is 6.92 Å². The molecule has 1 aromatic rings. The van der Waals surface area contributed by atoms with E-state index >= 15 is 0 Å². The van der Waals surface area contributed by atoms with Crippen LogP contribution in [0.1, 0.15) is 27.6 Å². The molecule has 5 nitrogen and oxygen atoms in total. The highest BCUT2D eigenvalue weighted by Crippen LogP contribution is 2.11. The Morgan fingerprint density at radius 1 is 1.12 bits per heavy atom. The molecule has 0 unspecified atom stereocenters. The van der Waals surface area contributed by atoms with E-state index in [1.165, 1.54) is 12.1 Å². The number of esters is 2. The molecule has 86 valence electrons. The van der Waals surface area contributed by atoms with Gasteiger partial charge in [0.2, 0.25) is 0 Å². The van der Waals surface area contributed by atoms with Gasteiger partial charge >= 0.3 is 11.9 Å². The van der Waals surface area contributed by atoms with Crippen molar-refractivity contribution >= 4 is 11.9 Å². The fraction of sp³-hybridized carbons (Fsp3) is 0.273. The minimum Gasteiger partial charge on any atom is -0.462 e. The first-order valence-corrected chi connectivity index (χ1v) is 4.74. The fourth-order valence-electron chi connectivity index (χ4n) is 1.18. The van der Waals surface area contributed by atoms with Crippen molar-refractivity contribution in [3.05, 3.63) is 35.4 Å². The summed E-state index contributed by atoms with van der Waals surface area (Å²) in [7, 11) is 0. The van der Waals surface area contributed by atoms with Gasteiger partial charge in [0.05, 0.1) is 17.7 Å². The fourth-order valence-corrected chi connectivity index (χ4v) is 1.18. The van der Waals surface area contributed by atoms with E-state index in [9.17, 15) is 9.59 Å². The number of hydrogen-bond acceptors (Lipinski definition) is 5. The molecule has 0 aromatic heterocycles. The highest BCUT2D eigenvalue weighted by molar-refractivity contribution is 6.03. The first-order valence-electron chi connectivity index (χ1n) is 4.74. The number of aliphatic hydroxyl groups is 1. The molecule has 0 radical (unpaired) electrons. The number of ether oxygens (including phenoxy) is 2. The van der Waals surface area contributed by atoms with Crippen molar-refractivity contribution < 1.29 is 24.2 Å². The Morgan fingerprint density at radius 2 is 1.62 bits per heavy atom. The van der Waals surface area contributed by atoms with Gasteiger partial charge in [0.15, 0.2) is 6.79 Å². The van der Waals surface area contributed by atoms with Crippen LogP contribution in [0.4, 0.5) is 0 Å². The van der Waals surface area contributed by atoms with Gasteiger partial charge in [-0.1, -0.05) is 12.1 Å². The molecule has 0 fully saturated rings. The second-order valence-corrected chi connectivity index (χ2v) is 2.83. The number of benzene rings is 1. The third-order valence-electron chi connectivity index (χ3n) is 1.84. The summed E-state index contributed by atoms with van der Waals surface area (Å²) in [6, 6.07) is 6.11. The lowest BCUT2D eigenvalue weighted by atomic mass is 10.1. The zero-order valence-corrected chi connectivity index (χ0v) is 8.80. The normalized spacial score (nSPS) is 9.62. The van der Waals surface area contributed by atoms with Gasteiger partial charge in [-0.15, -0.1) is 0 Å². The third-order valence-corrected chi connectivity index (χ3v) is 1.84. The standard InChI is InChI=1S/C11H12O5/c1-2-15-10(13)8-5-3-4-6-9(8)11(14)16-7-12/h3-6,12H,2,7H2,1H3. The average Bonchev–Trinajstić information content (AvgIpc) is 2.30. The molecule has 16 heavy (non-hydrogen) atoms. The third kappa shape index (κ3) is 2.80. The van der Waals surface area contributed by atoms with Gasteiger partial charge in [-0.3, -0.25) is 0 Å². The van der Waals surface area contributed by atoms with Crippen LogP contribution in [0.5, 0.6) is 0 Å². The molecule has 0 amide bonds. The number of rotatable bonds is 4. The first kappa shape index (κ1) is 12.2. The number of aliphatic hydroxyl groups excluding tert-OH is 1. The number of hydrogen-bond donors (Lipinski definition) is 1. The maximum absolute atomic E-state index is 11.5. The molecule has 0 heterocycles. The van der Waals surface area contributed by atoms with Gasteiger partial charge < -0.3 is 14.6 Å². The Balaban J connectivity index is 3.00. The maximum Gasteiger partial charge on any atom is 0.341 e. The second-order valence-electron chi connectivity index (χ2n) is 2.83. The lowest BCUT2D eigenvalue weighted by Crippen LogP contribution is -2.14. The van der Waals surface area contributed by atoms with Crippen LogP contribution < -0.4 is 0 Å². The summed E-state index contributed by atoms with van der Waals surface area (Å²) in [5.74, 6) is -1.35. The van der Waals surface area contributed by atoms with Gasteiger partial charge in [0.25, 0.3) is 0 Å². The summed E-state index contributed by atoms with van der Waals surface area (Å²) in [6.45, 7) is 1.17. The summed E-state index contributed by atoms with van der Waals surface area (Å²) in [5.41, 5.74) is 0.206. The van der Waals surface area contributed by atoms with Crippen LogP contribution in [0.15, 0.2) is 24.3 Å². The van der Waals surface area contributed by atoms with E-state index in [2.05, 4.69) is 4.74 Å². The van der Waals surface area contributed by atoms with Gasteiger partial charge in [-0.2, -0.15) is 0 Å². The Kier molecular flexibility index (Phi) is 4.47. The topological polar surface area (TPSA) is 72.8 Å². The SMILES string of the molecule is CCOC(=O)c1ccccc1C(=O)OCO. The van der Waals surface area contributed by atoms with Crippen molar-refractivity contribution in [2.75, 3.05) is 13.4 Å². The predicted octanol–water partition coefficient (Wildman–Crippen LogP) is 0.970. The van der Waals surface area contributed by atoms with Crippen LogP contribution in [0, 0.1) is 0 Å². The maximum atomic E-state index is 11.5. The van der Waals surface area contributed by atoms with Crippen molar-refractivity contribution in [2.24, 2.45) is 0 Å². The monoisotopic (exact) mass is 224 g/mol. The van der Waals surface area contributed by atoms with Crippen LogP contribution in [0.3, 0.4) is 0 Å². The van der Waals surface area contributed by atoms with E-state index < -0.39 is 18.7 Å². The van der Waals surface area contributed by atoms with Crippen molar-refractivity contribution in [3.8, 4) is 0 Å². The summed E-state index contributed by atoms with van der Waals surface area (Å²) >= 11 is 0. The molecule has 0 saturated carbocycles. The Morgan fingerprint density at radius 3 is 2.06 bits per heavy atom. The molecule has 0 spiro atoms. The molecule has 0 aliphatic rings. The summed E-state index contributed by atoms with van der Waals surface area (Å²) < 4.78 is 9.19. The summed E-state index contributed by atoms with van der Waals surface area (Å²) in [6.07, 6.45) is 0. The Labute approximate surface area is 92.6 Å². The molecule has 0 aliphatic carbocycles. The molecule has 5 heteroatoms. The summed E-state index contributed by atoms with van der Waals surface area (Å²) in [5, 5.41) is 8.47. The number of carbonyl (C=O) groups is 2. The van der Waals surface area contributed by atoms with Crippen molar-refractivity contribution in [1.82, 2.24) is 0 Å². The summed E-state index contributed by atoms with van der Waals surface area (Å²) in [4.78, 5) is 22.9. The molecule has 0 saturated heterocycles. The molecule has 0 atom stereocenters. The van der Waals surface area contributed by atoms with Crippen molar-refractivity contribution in [3.63, 3.8) is 0 Å². The lowest BCUT2D eigenvalue weighted by molar-refractivity contribution is 0.00637. The molecule has 0 aliphatic heterocycles. The lowest BCUT2D eigenvalue weighted by Gasteiger charge is -2.07. The Hall–Kier alpha value is -1.88. The van der Waals surface area contributed by atoms with E-state index in [1.54, 1.807) is 19.1 Å². The minimum absolute atomic E-state index is 0.0787. The van der Waals surface area contributed by atoms with Gasteiger partial charge in [0, 0.05) is 0 Å². The second kappa shape index (κ2) is 5.87. The van der Waals surface area contributed by atoms with Crippen LogP contribution in [-0.2, 0) is 9.47 Å². The minimum atomic E-state index is -0.758. The van der Waals surface area contributed by atoms with E-state index in [0.29, 0.717) is 0 Å². The van der Waals surface area contributed by atoms with Crippen molar-refractivity contribution in [1.29, 1.82) is 0 Å². The molecule has 0 bridgehead atoms. The number of carbonyl (C=O) groups excluding carboxylic acids is 2. The van der Waals surface area contributed by atoms with Gasteiger partial charge in [-0.05, 0) is 19.1 Å². The highest BCUT2D eigenvalue weighted by Gasteiger charge is 2.18. The van der Waals surface area contributed by atoms with E-state index in [4.69, 9.17) is 9.84 Å². The molecule has 1 aromatic carbocycles. The largest absolute Gasteiger partial charge is 0.462 e. The molecule has 1 N–H and O–H groups in total. The highest BCUT2D eigenvalue weighted by atomic mass is 16.6. The van der Waals surface area contributed by atoms with E-state index in [1.807, 2.05) is 0 Å². The Bertz CT molecular complexity index is 349. The average molecular weight is 224 g/mol. The molecule has 1 rings (SSSR count). The quantitative estimate of drug-likeness (QED) is 0.609. The van der Waals surface area contributed by atoms with Crippen LogP contribution in [-0.4, -0.2) is 30.4 Å². The zero-order chi connectivity index (χ0) is 12.0. The smallest absolute Gasteiger partial charge is 0.341 e. The van der Waals surface area contributed by atoms with E-state index in [-0.39, 0.29) is 17.7 Å². The van der Waals surface area contributed by atoms with Crippen LogP contribution in [0.2, 0.25) is 0 Å². The zero-order valence-electron chi connectivity index (χ0n) is 8.80. The van der Waals surface area contributed by atoms with E-state index in [0.717, 1.165) is 0 Å². The molecular weight excluding hydrogens is 212 g/mol. The molecular formula is C11H12O5.